The van der Waals surface area contributed by atoms with Gasteiger partial charge in [0, 0.05) is 29.9 Å². The molecule has 0 atom stereocenters. The Morgan fingerprint density at radius 3 is 2.04 bits per heavy atom. The highest BCUT2D eigenvalue weighted by atomic mass is 16.2. The molecule has 0 aliphatic rings. The molecule has 4 nitrogen and oxygen atoms in total. The molecule has 0 fully saturated rings. The maximum atomic E-state index is 12.8. The minimum absolute atomic E-state index is 0.00864. The molecule has 2 aromatic rings. The van der Waals surface area contributed by atoms with Crippen molar-refractivity contribution < 1.29 is 9.59 Å². The largest absolute Gasteiger partial charge is 0.339 e. The van der Waals surface area contributed by atoms with E-state index in [2.05, 4.69) is 39.9 Å². The number of hydrogen-bond acceptors (Lipinski definition) is 2. The number of carbonyl (C=O) groups excluding carboxylic acids is 2. The molecule has 4 heteroatoms. The van der Waals surface area contributed by atoms with E-state index in [1.54, 1.807) is 12.1 Å². The Labute approximate surface area is 169 Å². The summed E-state index contributed by atoms with van der Waals surface area (Å²) >= 11 is 0. The van der Waals surface area contributed by atoms with Crippen LogP contribution < -0.4 is 5.32 Å². The predicted molar refractivity (Wildman–Crippen MR) is 116 cm³/mol. The second-order valence-electron chi connectivity index (χ2n) is 8.15. The van der Waals surface area contributed by atoms with Crippen LogP contribution in [0.1, 0.15) is 73.7 Å². The van der Waals surface area contributed by atoms with Crippen molar-refractivity contribution in [2.24, 2.45) is 0 Å². The van der Waals surface area contributed by atoms with E-state index >= 15 is 0 Å². The SMILES string of the molecule is CCCN(CCC)C(=O)c1cccc(NC(=O)c2ccc(C(C)(C)C)cc2)c1. The summed E-state index contributed by atoms with van der Waals surface area (Å²) in [4.78, 5) is 27.2. The van der Waals surface area contributed by atoms with E-state index in [1.165, 1.54) is 5.56 Å². The molecule has 0 unspecified atom stereocenters. The Balaban J connectivity index is 2.13. The average Bonchev–Trinajstić information content (AvgIpc) is 2.67. The fraction of sp³-hybridized carbons (Fsp3) is 0.417. The third-order valence-corrected chi connectivity index (χ3v) is 4.65. The zero-order valence-corrected chi connectivity index (χ0v) is 17.7. The molecule has 0 aliphatic carbocycles. The van der Waals surface area contributed by atoms with Gasteiger partial charge in [-0.3, -0.25) is 9.59 Å². The molecule has 1 N–H and O–H groups in total. The summed E-state index contributed by atoms with van der Waals surface area (Å²) in [5, 5.41) is 2.90. The van der Waals surface area contributed by atoms with Gasteiger partial charge in [0.1, 0.15) is 0 Å². The Hall–Kier alpha value is -2.62. The van der Waals surface area contributed by atoms with Gasteiger partial charge in [-0.1, -0.05) is 52.8 Å². The first-order valence-electron chi connectivity index (χ1n) is 10.1. The Morgan fingerprint density at radius 2 is 1.50 bits per heavy atom. The van der Waals surface area contributed by atoms with Gasteiger partial charge in [0.15, 0.2) is 0 Å². The van der Waals surface area contributed by atoms with Gasteiger partial charge in [0.05, 0.1) is 0 Å². The van der Waals surface area contributed by atoms with Crippen LogP contribution in [0.15, 0.2) is 48.5 Å². The number of benzene rings is 2. The van der Waals surface area contributed by atoms with Crippen LogP contribution in [0, 0.1) is 0 Å². The summed E-state index contributed by atoms with van der Waals surface area (Å²) in [5.41, 5.74) is 3.06. The molecule has 0 aromatic heterocycles. The molecule has 2 rings (SSSR count). The summed E-state index contributed by atoms with van der Waals surface area (Å²) in [6.07, 6.45) is 1.85. The standard InChI is InChI=1S/C24H32N2O2/c1-6-15-26(16-7-2)23(28)19-9-8-10-21(17-19)25-22(27)18-11-13-20(14-12-18)24(3,4)5/h8-14,17H,6-7,15-16H2,1-5H3,(H,25,27). The van der Waals surface area contributed by atoms with Crippen molar-refractivity contribution in [3.8, 4) is 0 Å². The molecule has 2 aromatic carbocycles. The monoisotopic (exact) mass is 380 g/mol. The molecule has 0 saturated heterocycles. The summed E-state index contributed by atoms with van der Waals surface area (Å²) in [6, 6.07) is 14.8. The smallest absolute Gasteiger partial charge is 0.255 e. The van der Waals surface area contributed by atoms with Crippen LogP contribution in [0.25, 0.3) is 0 Å². The molecule has 0 radical (unpaired) electrons. The van der Waals surface area contributed by atoms with E-state index in [0.29, 0.717) is 16.8 Å². The minimum atomic E-state index is -0.177. The van der Waals surface area contributed by atoms with Crippen molar-refractivity contribution in [2.45, 2.75) is 52.9 Å². The lowest BCUT2D eigenvalue weighted by atomic mass is 9.87. The molecule has 0 spiro atoms. The first-order valence-corrected chi connectivity index (χ1v) is 10.1. The molecule has 0 aliphatic heterocycles. The van der Waals surface area contributed by atoms with Crippen molar-refractivity contribution in [2.75, 3.05) is 18.4 Å². The number of carbonyl (C=O) groups is 2. The molecule has 28 heavy (non-hydrogen) atoms. The van der Waals surface area contributed by atoms with Crippen LogP contribution in [-0.2, 0) is 5.41 Å². The lowest BCUT2D eigenvalue weighted by Crippen LogP contribution is -2.32. The van der Waals surface area contributed by atoms with Crippen molar-refractivity contribution in [3.63, 3.8) is 0 Å². The van der Waals surface area contributed by atoms with E-state index in [1.807, 2.05) is 41.3 Å². The number of rotatable bonds is 7. The zero-order chi connectivity index (χ0) is 20.7. The maximum Gasteiger partial charge on any atom is 0.255 e. The van der Waals surface area contributed by atoms with Gasteiger partial charge < -0.3 is 10.2 Å². The average molecular weight is 381 g/mol. The number of nitrogens with zero attached hydrogens (tertiary/aromatic N) is 1. The van der Waals surface area contributed by atoms with Gasteiger partial charge in [0.2, 0.25) is 0 Å². The zero-order valence-electron chi connectivity index (χ0n) is 17.7. The van der Waals surface area contributed by atoms with Gasteiger partial charge in [-0.05, 0) is 54.2 Å². The van der Waals surface area contributed by atoms with Crippen LogP contribution in [-0.4, -0.2) is 29.8 Å². The number of hydrogen-bond donors (Lipinski definition) is 1. The minimum Gasteiger partial charge on any atom is -0.339 e. The molecule has 0 saturated carbocycles. The van der Waals surface area contributed by atoms with Crippen LogP contribution in [0.2, 0.25) is 0 Å². The van der Waals surface area contributed by atoms with Gasteiger partial charge in [-0.25, -0.2) is 0 Å². The van der Waals surface area contributed by atoms with E-state index in [0.717, 1.165) is 25.9 Å². The highest BCUT2D eigenvalue weighted by Gasteiger charge is 2.16. The molecular weight excluding hydrogens is 348 g/mol. The fourth-order valence-corrected chi connectivity index (χ4v) is 3.09. The lowest BCUT2D eigenvalue weighted by Gasteiger charge is -2.21. The second kappa shape index (κ2) is 9.54. The van der Waals surface area contributed by atoms with Crippen LogP contribution in [0.3, 0.4) is 0 Å². The van der Waals surface area contributed by atoms with E-state index in [-0.39, 0.29) is 17.2 Å². The summed E-state index contributed by atoms with van der Waals surface area (Å²) in [6.45, 7) is 12.0. The summed E-state index contributed by atoms with van der Waals surface area (Å²) in [5.74, 6) is -0.168. The number of amides is 2. The Bertz CT molecular complexity index is 798. The third-order valence-electron chi connectivity index (χ3n) is 4.65. The van der Waals surface area contributed by atoms with Crippen molar-refractivity contribution >= 4 is 17.5 Å². The lowest BCUT2D eigenvalue weighted by molar-refractivity contribution is 0.0755. The van der Waals surface area contributed by atoms with Crippen LogP contribution in [0.5, 0.6) is 0 Å². The topological polar surface area (TPSA) is 49.4 Å². The maximum absolute atomic E-state index is 12.8. The molecule has 2 amide bonds. The first kappa shape index (κ1) is 21.7. The summed E-state index contributed by atoms with van der Waals surface area (Å²) in [7, 11) is 0. The van der Waals surface area contributed by atoms with Crippen molar-refractivity contribution in [1.29, 1.82) is 0 Å². The first-order chi connectivity index (χ1) is 13.3. The van der Waals surface area contributed by atoms with Crippen molar-refractivity contribution in [3.05, 3.63) is 65.2 Å². The van der Waals surface area contributed by atoms with E-state index in [4.69, 9.17) is 0 Å². The van der Waals surface area contributed by atoms with E-state index < -0.39 is 0 Å². The molecule has 0 heterocycles. The normalized spacial score (nSPS) is 11.2. The number of nitrogens with one attached hydrogen (secondary N) is 1. The van der Waals surface area contributed by atoms with Gasteiger partial charge in [-0.15, -0.1) is 0 Å². The number of anilines is 1. The molecular formula is C24H32N2O2. The highest BCUT2D eigenvalue weighted by Crippen LogP contribution is 2.22. The summed E-state index contributed by atoms with van der Waals surface area (Å²) < 4.78 is 0. The second-order valence-corrected chi connectivity index (χ2v) is 8.15. The van der Waals surface area contributed by atoms with Crippen molar-refractivity contribution in [1.82, 2.24) is 4.90 Å². The predicted octanol–water partition coefficient (Wildman–Crippen LogP) is 5.50. The molecule has 150 valence electrons. The highest BCUT2D eigenvalue weighted by molar-refractivity contribution is 6.05. The van der Waals surface area contributed by atoms with E-state index in [9.17, 15) is 9.59 Å². The van der Waals surface area contributed by atoms with Gasteiger partial charge >= 0.3 is 0 Å². The third kappa shape index (κ3) is 5.69. The van der Waals surface area contributed by atoms with Crippen LogP contribution in [0.4, 0.5) is 5.69 Å². The fourth-order valence-electron chi connectivity index (χ4n) is 3.09. The van der Waals surface area contributed by atoms with Crippen LogP contribution >= 0.6 is 0 Å². The Kier molecular flexibility index (Phi) is 7.38. The molecule has 0 bridgehead atoms. The van der Waals surface area contributed by atoms with Gasteiger partial charge in [0.25, 0.3) is 11.8 Å². The van der Waals surface area contributed by atoms with Gasteiger partial charge in [-0.2, -0.15) is 0 Å². The quantitative estimate of drug-likeness (QED) is 0.689. The Morgan fingerprint density at radius 1 is 0.893 bits per heavy atom.